The summed E-state index contributed by atoms with van der Waals surface area (Å²) in [6, 6.07) is 0. The van der Waals surface area contributed by atoms with Gasteiger partial charge in [-0.05, 0) is 48.3 Å². The van der Waals surface area contributed by atoms with Crippen LogP contribution in [0.2, 0.25) is 0 Å². The molecule has 2 rings (SSSR count). The quantitative estimate of drug-likeness (QED) is 0.447. The molecular weight excluding hydrogens is 300 g/mol. The molecule has 0 nitrogen and oxygen atoms in total. The van der Waals surface area contributed by atoms with E-state index >= 15 is 0 Å². The third-order valence-electron chi connectivity index (χ3n) is 7.06. The predicted octanol–water partition coefficient (Wildman–Crippen LogP) is 9.13. The van der Waals surface area contributed by atoms with Gasteiger partial charge >= 0.3 is 0 Å². The third kappa shape index (κ3) is 9.48. The molecule has 0 bridgehead atoms. The van der Waals surface area contributed by atoms with E-state index < -0.39 is 0 Å². The topological polar surface area (TPSA) is 0 Å². The lowest BCUT2D eigenvalue weighted by Gasteiger charge is -2.37. The van der Waals surface area contributed by atoms with Gasteiger partial charge in [0.05, 0.1) is 0 Å². The van der Waals surface area contributed by atoms with Gasteiger partial charge in [0.25, 0.3) is 0 Å². The van der Waals surface area contributed by atoms with Crippen molar-refractivity contribution in [2.45, 2.75) is 126 Å². The monoisotopic (exact) mass is 352 g/mol. The van der Waals surface area contributed by atoms with E-state index in [-0.39, 0.29) is 0 Å². The van der Waals surface area contributed by atoms with Gasteiger partial charge in [-0.1, -0.05) is 113 Å². The highest BCUT2D eigenvalue weighted by Crippen LogP contribution is 2.40. The van der Waals surface area contributed by atoms with Gasteiger partial charge in [0.1, 0.15) is 0 Å². The van der Waals surface area contributed by atoms with Crippen molar-refractivity contribution in [3.63, 3.8) is 0 Å². The van der Waals surface area contributed by atoms with Crippen LogP contribution in [0.1, 0.15) is 126 Å². The van der Waals surface area contributed by atoms with Crippen LogP contribution < -0.4 is 0 Å². The minimum atomic E-state index is 0.905. The molecule has 0 spiro atoms. The van der Waals surface area contributed by atoms with Crippen LogP contribution in [0, 0.1) is 35.5 Å². The molecule has 4 atom stereocenters. The maximum absolute atomic E-state index is 2.43. The first kappa shape index (κ1) is 25.0. The Kier molecular flexibility index (Phi) is 15.1. The van der Waals surface area contributed by atoms with Gasteiger partial charge in [-0.25, -0.2) is 0 Å². The maximum Gasteiger partial charge on any atom is -0.0363 e. The summed E-state index contributed by atoms with van der Waals surface area (Å²) in [5.74, 6) is 6.08. The molecule has 0 amide bonds. The Bertz CT molecular complexity index is 274. The molecule has 4 unspecified atom stereocenters. The van der Waals surface area contributed by atoms with E-state index in [1.54, 1.807) is 0 Å². The van der Waals surface area contributed by atoms with Crippen molar-refractivity contribution < 1.29 is 0 Å². The minimum absolute atomic E-state index is 0.905. The normalized spacial score (nSPS) is 28.0. The zero-order valence-corrected chi connectivity index (χ0v) is 19.2. The SMILES string of the molecule is CC.CCC1CCC(C(C)C)C(CC)C1.CCCC(C)C1CCCC1. The van der Waals surface area contributed by atoms with Crippen molar-refractivity contribution in [1.82, 2.24) is 0 Å². The smallest absolute Gasteiger partial charge is 0.0363 e. The first-order valence-corrected chi connectivity index (χ1v) is 12.0. The Morgan fingerprint density at radius 3 is 1.84 bits per heavy atom. The van der Waals surface area contributed by atoms with Gasteiger partial charge in [0.2, 0.25) is 0 Å². The fraction of sp³-hybridized carbons (Fsp3) is 1.00. The lowest BCUT2D eigenvalue weighted by atomic mass is 9.68. The highest BCUT2D eigenvalue weighted by atomic mass is 14.4. The van der Waals surface area contributed by atoms with E-state index in [9.17, 15) is 0 Å². The summed E-state index contributed by atoms with van der Waals surface area (Å²) < 4.78 is 0. The summed E-state index contributed by atoms with van der Waals surface area (Å²) in [5.41, 5.74) is 0. The van der Waals surface area contributed by atoms with Crippen molar-refractivity contribution in [1.29, 1.82) is 0 Å². The molecule has 2 aliphatic carbocycles. The Hall–Kier alpha value is 0. The van der Waals surface area contributed by atoms with Gasteiger partial charge < -0.3 is 0 Å². The Morgan fingerprint density at radius 1 is 0.800 bits per heavy atom. The van der Waals surface area contributed by atoms with E-state index in [0.29, 0.717) is 0 Å². The molecule has 0 N–H and O–H groups in total. The second-order valence-corrected chi connectivity index (χ2v) is 8.97. The van der Waals surface area contributed by atoms with Gasteiger partial charge in [-0.15, -0.1) is 0 Å². The third-order valence-corrected chi connectivity index (χ3v) is 7.06. The first-order chi connectivity index (χ1) is 12.0. The van der Waals surface area contributed by atoms with Crippen molar-refractivity contribution in [3.8, 4) is 0 Å². The number of hydrogen-bond acceptors (Lipinski definition) is 0. The molecule has 0 saturated heterocycles. The lowest BCUT2D eigenvalue weighted by molar-refractivity contribution is 0.131. The van der Waals surface area contributed by atoms with Crippen LogP contribution in [0.4, 0.5) is 0 Å². The molecule has 0 heterocycles. The van der Waals surface area contributed by atoms with Crippen LogP contribution in [0.3, 0.4) is 0 Å². The largest absolute Gasteiger partial charge is 0.0683 e. The van der Waals surface area contributed by atoms with Gasteiger partial charge in [0, 0.05) is 0 Å². The second-order valence-electron chi connectivity index (χ2n) is 8.97. The van der Waals surface area contributed by atoms with Crippen molar-refractivity contribution in [2.75, 3.05) is 0 Å². The fourth-order valence-electron chi connectivity index (χ4n) is 5.32. The van der Waals surface area contributed by atoms with Gasteiger partial charge in [-0.2, -0.15) is 0 Å². The zero-order valence-electron chi connectivity index (χ0n) is 19.2. The summed E-state index contributed by atoms with van der Waals surface area (Å²) in [4.78, 5) is 0. The molecule has 2 aliphatic rings. The molecule has 0 aromatic rings. The molecule has 25 heavy (non-hydrogen) atoms. The Balaban J connectivity index is 0.000000430. The second kappa shape index (κ2) is 15.1. The number of hydrogen-bond donors (Lipinski definition) is 0. The molecular formula is C25H52. The summed E-state index contributed by atoms with van der Waals surface area (Å²) in [6.45, 7) is 18.3. The lowest BCUT2D eigenvalue weighted by Crippen LogP contribution is -2.27. The first-order valence-electron chi connectivity index (χ1n) is 12.0. The molecule has 0 radical (unpaired) electrons. The molecule has 2 fully saturated rings. The van der Waals surface area contributed by atoms with E-state index in [1.165, 1.54) is 70.6 Å². The van der Waals surface area contributed by atoms with E-state index in [0.717, 1.165) is 35.5 Å². The molecule has 2 saturated carbocycles. The van der Waals surface area contributed by atoms with Crippen LogP contribution in [0.15, 0.2) is 0 Å². The summed E-state index contributed by atoms with van der Waals surface area (Å²) in [6.07, 6.45) is 16.2. The fourth-order valence-corrected chi connectivity index (χ4v) is 5.32. The minimum Gasteiger partial charge on any atom is -0.0683 e. The molecule has 0 aromatic heterocycles. The van der Waals surface area contributed by atoms with Gasteiger partial charge in [0.15, 0.2) is 0 Å². The van der Waals surface area contributed by atoms with Crippen molar-refractivity contribution in [3.05, 3.63) is 0 Å². The molecule has 0 heteroatoms. The highest BCUT2D eigenvalue weighted by molar-refractivity contribution is 4.80. The Morgan fingerprint density at radius 2 is 1.40 bits per heavy atom. The standard InChI is InChI=1S/C13H26.C10H20.C2H6/c1-5-11-7-8-13(10(3)4)12(6-2)9-11;1-3-6-9(2)10-7-4-5-8-10;1-2/h10-13H,5-9H2,1-4H3;9-10H,3-8H2,1-2H3;1-2H3. The zero-order chi connectivity index (χ0) is 19.2. The van der Waals surface area contributed by atoms with Crippen LogP contribution in [0.5, 0.6) is 0 Å². The van der Waals surface area contributed by atoms with Crippen molar-refractivity contribution in [2.24, 2.45) is 35.5 Å². The van der Waals surface area contributed by atoms with Crippen LogP contribution >= 0.6 is 0 Å². The summed E-state index contributed by atoms with van der Waals surface area (Å²) in [5, 5.41) is 0. The van der Waals surface area contributed by atoms with Gasteiger partial charge in [-0.3, -0.25) is 0 Å². The van der Waals surface area contributed by atoms with Crippen LogP contribution in [-0.4, -0.2) is 0 Å². The highest BCUT2D eigenvalue weighted by Gasteiger charge is 2.30. The van der Waals surface area contributed by atoms with Crippen molar-refractivity contribution >= 4 is 0 Å². The molecule has 0 aliphatic heterocycles. The molecule has 0 aromatic carbocycles. The van der Waals surface area contributed by atoms with E-state index in [4.69, 9.17) is 0 Å². The summed E-state index contributed by atoms with van der Waals surface area (Å²) >= 11 is 0. The average Bonchev–Trinajstić information content (AvgIpc) is 3.18. The number of rotatable bonds is 6. The summed E-state index contributed by atoms with van der Waals surface area (Å²) in [7, 11) is 0. The van der Waals surface area contributed by atoms with Crippen LogP contribution in [0.25, 0.3) is 0 Å². The van der Waals surface area contributed by atoms with E-state index in [1.807, 2.05) is 13.8 Å². The Labute approximate surface area is 161 Å². The van der Waals surface area contributed by atoms with E-state index in [2.05, 4.69) is 41.5 Å². The van der Waals surface area contributed by atoms with Crippen LogP contribution in [-0.2, 0) is 0 Å². The average molecular weight is 353 g/mol. The predicted molar refractivity (Wildman–Crippen MR) is 117 cm³/mol. The maximum atomic E-state index is 2.43. The molecule has 152 valence electrons.